The summed E-state index contributed by atoms with van der Waals surface area (Å²) in [4.78, 5) is 25.3. The number of benzene rings is 2. The number of thioether (sulfide) groups is 1. The number of hydrogen-bond donors (Lipinski definition) is 1. The molecule has 0 saturated carbocycles. The number of hydrogen-bond acceptors (Lipinski definition) is 5. The number of para-hydroxylation sites is 1. The highest BCUT2D eigenvalue weighted by atomic mass is 32.2. The van der Waals surface area contributed by atoms with Crippen molar-refractivity contribution in [2.45, 2.75) is 0 Å². The van der Waals surface area contributed by atoms with Crippen molar-refractivity contribution in [2.75, 3.05) is 18.7 Å². The Morgan fingerprint density at radius 3 is 2.75 bits per heavy atom. The third-order valence-electron chi connectivity index (χ3n) is 4.06. The van der Waals surface area contributed by atoms with E-state index in [4.69, 9.17) is 15.6 Å². The maximum Gasteiger partial charge on any atom is 0.344 e. The molecule has 1 aromatic heterocycles. The minimum absolute atomic E-state index is 0.355. The molecule has 1 heterocycles. The third kappa shape index (κ3) is 3.95. The number of carbonyl (C=O) groups excluding carboxylic acids is 1. The van der Waals surface area contributed by atoms with Crippen molar-refractivity contribution >= 4 is 34.3 Å². The van der Waals surface area contributed by atoms with Gasteiger partial charge in [-0.3, -0.25) is 4.79 Å². The molecule has 0 bridgehead atoms. The van der Waals surface area contributed by atoms with E-state index < -0.39 is 5.63 Å². The Bertz CT molecular complexity index is 1170. The average molecular weight is 391 g/mol. The average Bonchev–Trinajstić information content (AvgIpc) is 2.71. The topological polar surface area (TPSA) is 68.5 Å². The lowest BCUT2D eigenvalue weighted by Gasteiger charge is -2.12. The predicted molar refractivity (Wildman–Crippen MR) is 114 cm³/mol. The Kier molecular flexibility index (Phi) is 5.87. The summed E-state index contributed by atoms with van der Waals surface area (Å²) in [7, 11) is 1.50. The molecule has 140 valence electrons. The predicted octanol–water partition coefficient (Wildman–Crippen LogP) is 4.29. The van der Waals surface area contributed by atoms with Crippen LogP contribution in [0.15, 0.2) is 68.7 Å². The molecule has 0 aliphatic rings. The molecule has 28 heavy (non-hydrogen) atoms. The van der Waals surface area contributed by atoms with Gasteiger partial charge < -0.3 is 14.5 Å². The highest BCUT2D eigenvalue weighted by molar-refractivity contribution is 8.03. The van der Waals surface area contributed by atoms with Crippen molar-refractivity contribution in [3.8, 4) is 29.2 Å². The number of ether oxygens (including phenoxy) is 1. The molecule has 6 heteroatoms. The fourth-order valence-corrected chi connectivity index (χ4v) is 3.14. The molecule has 2 aromatic carbocycles. The Balaban J connectivity index is 2.05. The second kappa shape index (κ2) is 8.51. The molecule has 0 aliphatic carbocycles. The number of fused-ring (bicyclic) bond motifs is 1. The smallest absolute Gasteiger partial charge is 0.344 e. The first kappa shape index (κ1) is 19.3. The number of terminal acetylenes is 1. The maximum absolute atomic E-state index is 12.5. The second-order valence-electron chi connectivity index (χ2n) is 5.73. The Morgan fingerprint density at radius 1 is 1.25 bits per heavy atom. The van der Waals surface area contributed by atoms with E-state index in [2.05, 4.69) is 11.2 Å². The van der Waals surface area contributed by atoms with Gasteiger partial charge >= 0.3 is 5.63 Å². The van der Waals surface area contributed by atoms with E-state index in [0.29, 0.717) is 33.1 Å². The van der Waals surface area contributed by atoms with Gasteiger partial charge in [0.2, 0.25) is 0 Å². The number of allylic oxidation sites excluding steroid dienone is 1. The highest BCUT2D eigenvalue weighted by Gasteiger charge is 2.15. The fraction of sp³-hybridized carbons (Fsp3) is 0.0909. The second-order valence-corrected chi connectivity index (χ2v) is 6.58. The van der Waals surface area contributed by atoms with Crippen molar-refractivity contribution in [1.29, 1.82) is 0 Å². The Labute approximate surface area is 166 Å². The van der Waals surface area contributed by atoms with Gasteiger partial charge in [-0.15, -0.1) is 18.2 Å². The number of amides is 1. The lowest BCUT2D eigenvalue weighted by atomic mass is 10.0. The van der Waals surface area contributed by atoms with Gasteiger partial charge in [0.15, 0.2) is 0 Å². The van der Waals surface area contributed by atoms with Gasteiger partial charge in [-0.05, 0) is 36.1 Å². The zero-order chi connectivity index (χ0) is 20.1. The van der Waals surface area contributed by atoms with Crippen LogP contribution in [0.1, 0.15) is 0 Å². The largest absolute Gasteiger partial charge is 0.495 e. The summed E-state index contributed by atoms with van der Waals surface area (Å²) in [6.45, 7) is 0. The van der Waals surface area contributed by atoms with Gasteiger partial charge in [-0.2, -0.15) is 0 Å². The number of carbonyl (C=O) groups is 1. The molecule has 0 aliphatic heterocycles. The van der Waals surface area contributed by atoms with Crippen LogP contribution in [0.3, 0.4) is 0 Å². The fourth-order valence-electron chi connectivity index (χ4n) is 2.71. The van der Waals surface area contributed by atoms with Crippen LogP contribution < -0.4 is 15.7 Å². The van der Waals surface area contributed by atoms with Crippen molar-refractivity contribution in [3.05, 3.63) is 69.9 Å². The molecule has 0 spiro atoms. The van der Waals surface area contributed by atoms with Gasteiger partial charge in [0.05, 0.1) is 23.3 Å². The zero-order valence-corrected chi connectivity index (χ0v) is 16.1. The van der Waals surface area contributed by atoms with Crippen LogP contribution in [-0.2, 0) is 4.79 Å². The maximum atomic E-state index is 12.5. The van der Waals surface area contributed by atoms with E-state index >= 15 is 0 Å². The van der Waals surface area contributed by atoms with Crippen LogP contribution in [0, 0.1) is 12.3 Å². The molecular weight excluding hydrogens is 374 g/mol. The quantitative estimate of drug-likeness (QED) is 0.399. The van der Waals surface area contributed by atoms with Crippen LogP contribution in [0.4, 0.5) is 5.69 Å². The number of nitrogens with one attached hydrogen (secondary N) is 1. The van der Waals surface area contributed by atoms with Crippen molar-refractivity contribution < 1.29 is 13.9 Å². The van der Waals surface area contributed by atoms with Gasteiger partial charge in [0.1, 0.15) is 11.3 Å². The first-order valence-electron chi connectivity index (χ1n) is 8.30. The van der Waals surface area contributed by atoms with Crippen molar-refractivity contribution in [3.63, 3.8) is 0 Å². The molecule has 5 nitrogen and oxygen atoms in total. The summed E-state index contributed by atoms with van der Waals surface area (Å²) in [5.41, 5.74) is 1.47. The zero-order valence-electron chi connectivity index (χ0n) is 15.3. The monoisotopic (exact) mass is 391 g/mol. The molecule has 0 saturated heterocycles. The molecule has 3 rings (SSSR count). The first-order valence-corrected chi connectivity index (χ1v) is 9.52. The van der Waals surface area contributed by atoms with Gasteiger partial charge in [0, 0.05) is 11.5 Å². The number of rotatable bonds is 5. The summed E-state index contributed by atoms with van der Waals surface area (Å²) in [6.07, 6.45) is 8.42. The van der Waals surface area contributed by atoms with Crippen LogP contribution in [-0.4, -0.2) is 19.3 Å². The normalized spacial score (nSPS) is 11.1. The molecule has 1 amide bonds. The minimum atomic E-state index is -0.460. The van der Waals surface area contributed by atoms with E-state index in [9.17, 15) is 9.59 Å². The molecule has 1 N–H and O–H groups in total. The van der Waals surface area contributed by atoms with Gasteiger partial charge in [0.25, 0.3) is 5.91 Å². The summed E-state index contributed by atoms with van der Waals surface area (Å²) >= 11 is 1.24. The summed E-state index contributed by atoms with van der Waals surface area (Å²) in [6, 6.07) is 14.1. The molecule has 3 aromatic rings. The number of methoxy groups -OCH3 is 1. The summed E-state index contributed by atoms with van der Waals surface area (Å²) < 4.78 is 10.7. The lowest BCUT2D eigenvalue weighted by molar-refractivity contribution is -0.112. The minimum Gasteiger partial charge on any atom is -0.495 e. The van der Waals surface area contributed by atoms with Gasteiger partial charge in [-0.25, -0.2) is 4.79 Å². The standard InChI is InChI=1S/C22H17NO4S/c1-4-7-20(28-3)21(24)23-17-13-14(10-11-19(17)26-2)16-12-15-8-5-6-9-18(15)27-22(16)25/h1,5-13H,2-3H3,(H,23,24). The van der Waals surface area contributed by atoms with Crippen LogP contribution in [0.5, 0.6) is 5.75 Å². The van der Waals surface area contributed by atoms with E-state index in [-0.39, 0.29) is 5.91 Å². The molecular formula is C22H17NO4S. The molecule has 0 fully saturated rings. The highest BCUT2D eigenvalue weighted by Crippen LogP contribution is 2.31. The number of anilines is 1. The van der Waals surface area contributed by atoms with E-state index in [1.54, 1.807) is 42.7 Å². The van der Waals surface area contributed by atoms with Crippen molar-refractivity contribution in [2.24, 2.45) is 0 Å². The van der Waals surface area contributed by atoms with Crippen LogP contribution in [0.2, 0.25) is 0 Å². The molecule has 0 radical (unpaired) electrons. The molecule has 0 atom stereocenters. The van der Waals surface area contributed by atoms with Crippen LogP contribution >= 0.6 is 11.8 Å². The van der Waals surface area contributed by atoms with Crippen LogP contribution in [0.25, 0.3) is 22.1 Å². The first-order chi connectivity index (χ1) is 13.6. The van der Waals surface area contributed by atoms with Gasteiger partial charge in [-0.1, -0.05) is 30.2 Å². The van der Waals surface area contributed by atoms with E-state index in [1.807, 2.05) is 12.1 Å². The Hall–Kier alpha value is -3.43. The molecule has 0 unspecified atom stereocenters. The third-order valence-corrected chi connectivity index (χ3v) is 4.80. The summed E-state index contributed by atoms with van der Waals surface area (Å²) in [5, 5.41) is 3.59. The van der Waals surface area contributed by atoms with Crippen molar-refractivity contribution in [1.82, 2.24) is 0 Å². The SMILES string of the molecule is C#CC=C(SC)C(=O)Nc1cc(-c2cc3ccccc3oc2=O)ccc1OC. The lowest BCUT2D eigenvalue weighted by Crippen LogP contribution is -2.13. The summed E-state index contributed by atoms with van der Waals surface area (Å²) in [5.74, 6) is 2.45. The van der Waals surface area contributed by atoms with E-state index in [0.717, 1.165) is 5.39 Å². The Morgan fingerprint density at radius 2 is 2.04 bits per heavy atom. The van der Waals surface area contributed by atoms with E-state index in [1.165, 1.54) is 24.9 Å².